The van der Waals surface area contributed by atoms with Crippen molar-refractivity contribution < 1.29 is 23.1 Å². The Kier molecular flexibility index (Phi) is 6.64. The van der Waals surface area contributed by atoms with Gasteiger partial charge in [-0.15, -0.1) is 11.3 Å². The van der Waals surface area contributed by atoms with E-state index in [4.69, 9.17) is 23.2 Å². The Morgan fingerprint density at radius 1 is 1.13 bits per heavy atom. The molecule has 30 heavy (non-hydrogen) atoms. The molecule has 2 aromatic carbocycles. The number of anilines is 1. The number of aromatic nitrogens is 1. The molecule has 0 aliphatic rings. The zero-order chi connectivity index (χ0) is 21.9. The van der Waals surface area contributed by atoms with Gasteiger partial charge in [0.05, 0.1) is 21.3 Å². The maximum Gasteiger partial charge on any atom is 0.416 e. The zero-order valence-corrected chi connectivity index (χ0v) is 17.2. The maximum atomic E-state index is 12.6. The Labute approximate surface area is 182 Å². The molecule has 0 unspecified atom stereocenters. The summed E-state index contributed by atoms with van der Waals surface area (Å²) < 4.78 is 37.9. The van der Waals surface area contributed by atoms with E-state index in [0.29, 0.717) is 26.4 Å². The van der Waals surface area contributed by atoms with Crippen molar-refractivity contribution in [2.24, 2.45) is 5.10 Å². The number of carboxylic acids is 1. The Bertz CT molecular complexity index is 1100. The van der Waals surface area contributed by atoms with Gasteiger partial charge in [0, 0.05) is 17.4 Å². The second-order valence-corrected chi connectivity index (χ2v) is 7.69. The van der Waals surface area contributed by atoms with Crippen LogP contribution in [-0.4, -0.2) is 21.8 Å². The standard InChI is InChI=1S/C19H12Cl2F3N3O2S/c20-13-6-3-11(8-14(13)21)16-9-30-18(25-16)27-26-15(17(28)29)7-10-1-4-12(5-2-10)19(22,23)24/h1-6,8-9H,7H2,(H,25,27)(H,28,29)/b26-15+. The Hall–Kier alpha value is -2.62. The molecule has 0 fully saturated rings. The first-order valence-corrected chi connectivity index (χ1v) is 9.90. The fraction of sp³-hybridized carbons (Fsp3) is 0.105. The molecule has 1 aromatic heterocycles. The second-order valence-electron chi connectivity index (χ2n) is 6.01. The van der Waals surface area contributed by atoms with Gasteiger partial charge in [-0.1, -0.05) is 41.4 Å². The molecule has 5 nitrogen and oxygen atoms in total. The highest BCUT2D eigenvalue weighted by molar-refractivity contribution is 7.14. The average molecular weight is 474 g/mol. The van der Waals surface area contributed by atoms with Crippen LogP contribution in [0.2, 0.25) is 10.0 Å². The van der Waals surface area contributed by atoms with E-state index in [2.05, 4.69) is 15.5 Å². The smallest absolute Gasteiger partial charge is 0.416 e. The van der Waals surface area contributed by atoms with E-state index in [-0.39, 0.29) is 12.1 Å². The normalized spacial score (nSPS) is 12.1. The summed E-state index contributed by atoms with van der Waals surface area (Å²) in [4.78, 5) is 15.8. The summed E-state index contributed by atoms with van der Waals surface area (Å²) in [5, 5.41) is 16.0. The lowest BCUT2D eigenvalue weighted by atomic mass is 10.1. The van der Waals surface area contributed by atoms with Gasteiger partial charge in [0.15, 0.2) is 0 Å². The molecule has 11 heteroatoms. The average Bonchev–Trinajstić information content (AvgIpc) is 3.15. The van der Waals surface area contributed by atoms with Crippen molar-refractivity contribution in [3.8, 4) is 11.3 Å². The topological polar surface area (TPSA) is 74.6 Å². The predicted molar refractivity (Wildman–Crippen MR) is 111 cm³/mol. The molecular formula is C19H12Cl2F3N3O2S. The number of carboxylic acid groups (broad SMARTS) is 1. The number of alkyl halides is 3. The van der Waals surface area contributed by atoms with E-state index in [0.717, 1.165) is 17.7 Å². The summed E-state index contributed by atoms with van der Waals surface area (Å²) >= 11 is 13.1. The number of rotatable bonds is 6. The summed E-state index contributed by atoms with van der Waals surface area (Å²) in [7, 11) is 0. The number of hydrogen-bond donors (Lipinski definition) is 2. The van der Waals surface area contributed by atoms with Gasteiger partial charge < -0.3 is 5.11 Å². The molecule has 0 saturated carbocycles. The van der Waals surface area contributed by atoms with Crippen molar-refractivity contribution in [2.75, 3.05) is 5.43 Å². The molecule has 0 spiro atoms. The van der Waals surface area contributed by atoms with Gasteiger partial charge >= 0.3 is 12.1 Å². The third-order valence-corrected chi connectivity index (χ3v) is 5.39. The lowest BCUT2D eigenvalue weighted by Crippen LogP contribution is -2.18. The van der Waals surface area contributed by atoms with Crippen LogP contribution in [0.1, 0.15) is 11.1 Å². The second kappa shape index (κ2) is 9.03. The van der Waals surface area contributed by atoms with E-state index in [9.17, 15) is 23.1 Å². The van der Waals surface area contributed by atoms with Crippen molar-refractivity contribution >= 4 is 51.4 Å². The fourth-order valence-corrected chi connectivity index (χ4v) is 3.36. The highest BCUT2D eigenvalue weighted by Crippen LogP contribution is 2.31. The van der Waals surface area contributed by atoms with Gasteiger partial charge in [0.2, 0.25) is 5.13 Å². The van der Waals surface area contributed by atoms with Crippen LogP contribution >= 0.6 is 34.5 Å². The molecule has 156 valence electrons. The Balaban J connectivity index is 1.73. The van der Waals surface area contributed by atoms with Crippen LogP contribution in [0, 0.1) is 0 Å². The minimum atomic E-state index is -4.46. The van der Waals surface area contributed by atoms with E-state index in [1.54, 1.807) is 23.6 Å². The van der Waals surface area contributed by atoms with Gasteiger partial charge in [-0.2, -0.15) is 18.3 Å². The summed E-state index contributed by atoms with van der Waals surface area (Å²) in [5.41, 5.74) is 3.18. The van der Waals surface area contributed by atoms with Crippen LogP contribution in [0.15, 0.2) is 52.9 Å². The van der Waals surface area contributed by atoms with Gasteiger partial charge in [-0.3, -0.25) is 5.43 Å². The van der Waals surface area contributed by atoms with Crippen LogP contribution in [0.3, 0.4) is 0 Å². The quantitative estimate of drug-likeness (QED) is 0.328. The van der Waals surface area contributed by atoms with Crippen LogP contribution < -0.4 is 5.43 Å². The van der Waals surface area contributed by atoms with Crippen LogP contribution in [-0.2, 0) is 17.4 Å². The largest absolute Gasteiger partial charge is 0.477 e. The Morgan fingerprint density at radius 2 is 1.83 bits per heavy atom. The monoisotopic (exact) mass is 473 g/mol. The van der Waals surface area contributed by atoms with E-state index in [1.165, 1.54) is 23.5 Å². The maximum absolute atomic E-state index is 12.6. The molecule has 0 radical (unpaired) electrons. The van der Waals surface area contributed by atoms with Crippen molar-refractivity contribution in [1.29, 1.82) is 0 Å². The number of nitrogens with zero attached hydrogens (tertiary/aromatic N) is 2. The fourth-order valence-electron chi connectivity index (χ4n) is 2.40. The number of aliphatic carboxylic acids is 1. The van der Waals surface area contributed by atoms with Gasteiger partial charge in [-0.05, 0) is 29.8 Å². The van der Waals surface area contributed by atoms with Crippen molar-refractivity contribution in [3.63, 3.8) is 0 Å². The number of hydrazone groups is 1. The first-order chi connectivity index (χ1) is 14.1. The molecule has 0 bridgehead atoms. The van der Waals surface area contributed by atoms with E-state index in [1.807, 2.05) is 0 Å². The summed E-state index contributed by atoms with van der Waals surface area (Å²) in [6, 6.07) is 9.25. The lowest BCUT2D eigenvalue weighted by molar-refractivity contribution is -0.137. The molecule has 0 saturated heterocycles. The molecule has 3 aromatic rings. The lowest BCUT2D eigenvalue weighted by Gasteiger charge is -2.07. The predicted octanol–water partition coefficient (Wildman–Crippen LogP) is 6.23. The summed E-state index contributed by atoms with van der Waals surface area (Å²) in [5.74, 6) is -1.30. The number of thiazole rings is 1. The molecule has 3 rings (SSSR count). The summed E-state index contributed by atoms with van der Waals surface area (Å²) in [6.07, 6.45) is -4.62. The number of halogens is 5. The molecule has 0 amide bonds. The van der Waals surface area contributed by atoms with Gasteiger partial charge in [0.25, 0.3) is 0 Å². The molecular weight excluding hydrogens is 462 g/mol. The number of nitrogens with one attached hydrogen (secondary N) is 1. The molecule has 2 N–H and O–H groups in total. The molecule has 0 aliphatic heterocycles. The SMILES string of the molecule is O=C(O)/C(Cc1ccc(C(F)(F)F)cc1)=N/Nc1nc(-c2ccc(Cl)c(Cl)c2)cs1. The van der Waals surface area contributed by atoms with E-state index < -0.39 is 17.7 Å². The number of benzene rings is 2. The summed E-state index contributed by atoms with van der Waals surface area (Å²) in [6.45, 7) is 0. The number of hydrogen-bond acceptors (Lipinski definition) is 5. The third-order valence-electron chi connectivity index (χ3n) is 3.91. The van der Waals surface area contributed by atoms with Crippen molar-refractivity contribution in [2.45, 2.75) is 12.6 Å². The van der Waals surface area contributed by atoms with Crippen LogP contribution in [0.25, 0.3) is 11.3 Å². The zero-order valence-electron chi connectivity index (χ0n) is 14.9. The molecule has 0 atom stereocenters. The third kappa shape index (κ3) is 5.50. The molecule has 1 heterocycles. The highest BCUT2D eigenvalue weighted by atomic mass is 35.5. The highest BCUT2D eigenvalue weighted by Gasteiger charge is 2.30. The first-order valence-electron chi connectivity index (χ1n) is 8.26. The van der Waals surface area contributed by atoms with Gasteiger partial charge in [-0.25, -0.2) is 9.78 Å². The van der Waals surface area contributed by atoms with Crippen LogP contribution in [0.4, 0.5) is 18.3 Å². The molecule has 0 aliphatic carbocycles. The van der Waals surface area contributed by atoms with Crippen molar-refractivity contribution in [1.82, 2.24) is 4.98 Å². The first kappa shape index (κ1) is 22.1. The number of carbonyl (C=O) groups is 1. The minimum absolute atomic E-state index is 0.161. The minimum Gasteiger partial charge on any atom is -0.477 e. The van der Waals surface area contributed by atoms with Crippen LogP contribution in [0.5, 0.6) is 0 Å². The van der Waals surface area contributed by atoms with Crippen molar-refractivity contribution in [3.05, 3.63) is 69.0 Å². The van der Waals surface area contributed by atoms with Gasteiger partial charge in [0.1, 0.15) is 5.71 Å². The van der Waals surface area contributed by atoms with E-state index >= 15 is 0 Å². The Morgan fingerprint density at radius 3 is 2.43 bits per heavy atom.